The van der Waals surface area contributed by atoms with E-state index in [9.17, 15) is 9.90 Å². The summed E-state index contributed by atoms with van der Waals surface area (Å²) in [6.45, 7) is 0. The number of benzene rings is 1. The Morgan fingerprint density at radius 2 is 2.00 bits per heavy atom. The Labute approximate surface area is 133 Å². The maximum absolute atomic E-state index is 12.2. The number of aromatic hydroxyl groups is 1. The number of carbonyl (C=O) groups is 1. The van der Waals surface area contributed by atoms with Crippen LogP contribution in [-0.4, -0.2) is 25.7 Å². The minimum atomic E-state index is -0.176. The van der Waals surface area contributed by atoms with E-state index in [1.165, 1.54) is 18.2 Å². The van der Waals surface area contributed by atoms with Crippen molar-refractivity contribution >= 4 is 11.9 Å². The molecule has 0 aliphatic rings. The molecule has 0 bridgehead atoms. The van der Waals surface area contributed by atoms with E-state index in [1.54, 1.807) is 35.3 Å². The van der Waals surface area contributed by atoms with Crippen molar-refractivity contribution in [3.8, 4) is 17.0 Å². The summed E-state index contributed by atoms with van der Waals surface area (Å²) >= 11 is 0. The fourth-order valence-electron chi connectivity index (χ4n) is 2.28. The van der Waals surface area contributed by atoms with Crippen molar-refractivity contribution < 1.29 is 9.90 Å². The van der Waals surface area contributed by atoms with E-state index in [4.69, 9.17) is 0 Å². The first-order chi connectivity index (χ1) is 11.1. The van der Waals surface area contributed by atoms with E-state index in [2.05, 4.69) is 10.1 Å². The van der Waals surface area contributed by atoms with Crippen molar-refractivity contribution in [3.63, 3.8) is 0 Å². The zero-order valence-electron chi connectivity index (χ0n) is 12.5. The zero-order chi connectivity index (χ0) is 16.2. The predicted molar refractivity (Wildman–Crippen MR) is 87.9 cm³/mol. The van der Waals surface area contributed by atoms with Crippen LogP contribution in [0.5, 0.6) is 5.75 Å². The van der Waals surface area contributed by atoms with Gasteiger partial charge in [-0.15, -0.1) is 0 Å². The average molecular weight is 305 g/mol. The molecule has 0 unspecified atom stereocenters. The van der Waals surface area contributed by atoms with E-state index in [-0.39, 0.29) is 11.5 Å². The Balaban J connectivity index is 1.90. The van der Waals surface area contributed by atoms with Crippen molar-refractivity contribution in [1.82, 2.24) is 14.8 Å². The number of carbonyl (C=O) groups excluding carboxylic acids is 1. The van der Waals surface area contributed by atoms with Gasteiger partial charge in [-0.05, 0) is 36.4 Å². The first kappa shape index (κ1) is 14.7. The number of phenolic OH excluding ortho intramolecular Hbond substituents is 1. The molecule has 23 heavy (non-hydrogen) atoms. The van der Waals surface area contributed by atoms with Crippen LogP contribution < -0.4 is 0 Å². The third kappa shape index (κ3) is 3.35. The second-order valence-electron chi connectivity index (χ2n) is 5.09. The van der Waals surface area contributed by atoms with Crippen LogP contribution in [0, 0.1) is 0 Å². The minimum absolute atomic E-state index is 0.0723. The summed E-state index contributed by atoms with van der Waals surface area (Å²) in [5, 5.41) is 13.9. The van der Waals surface area contributed by atoms with E-state index >= 15 is 0 Å². The maximum atomic E-state index is 12.2. The molecule has 5 heteroatoms. The van der Waals surface area contributed by atoms with Crippen molar-refractivity contribution in [2.24, 2.45) is 7.05 Å². The number of allylic oxidation sites excluding steroid dienone is 1. The second-order valence-corrected chi connectivity index (χ2v) is 5.09. The van der Waals surface area contributed by atoms with Crippen molar-refractivity contribution in [2.45, 2.75) is 0 Å². The van der Waals surface area contributed by atoms with Crippen molar-refractivity contribution in [3.05, 3.63) is 72.2 Å². The fraction of sp³-hybridized carbons (Fsp3) is 0.0556. The van der Waals surface area contributed by atoms with Crippen LogP contribution in [0.1, 0.15) is 15.9 Å². The summed E-state index contributed by atoms with van der Waals surface area (Å²) in [6, 6.07) is 10.0. The Kier molecular flexibility index (Phi) is 4.01. The molecule has 3 aromatic rings. The van der Waals surface area contributed by atoms with Gasteiger partial charge >= 0.3 is 0 Å². The molecular formula is C18H15N3O2. The first-order valence-electron chi connectivity index (χ1n) is 7.09. The Morgan fingerprint density at radius 3 is 2.74 bits per heavy atom. The molecule has 0 atom stereocenters. The summed E-state index contributed by atoms with van der Waals surface area (Å²) in [5.41, 5.74) is 3.00. The second kappa shape index (κ2) is 6.27. The Bertz CT molecular complexity index is 867. The lowest BCUT2D eigenvalue weighted by atomic mass is 10.1. The van der Waals surface area contributed by atoms with Gasteiger partial charge in [-0.2, -0.15) is 5.10 Å². The molecule has 0 radical (unpaired) electrons. The van der Waals surface area contributed by atoms with E-state index in [0.29, 0.717) is 5.56 Å². The molecule has 0 fully saturated rings. The molecule has 2 heterocycles. The number of phenols is 1. The minimum Gasteiger partial charge on any atom is -0.508 e. The third-order valence-electron chi connectivity index (χ3n) is 3.36. The van der Waals surface area contributed by atoms with Gasteiger partial charge in [-0.3, -0.25) is 14.5 Å². The molecular weight excluding hydrogens is 290 g/mol. The molecule has 0 saturated carbocycles. The Morgan fingerprint density at radius 1 is 1.22 bits per heavy atom. The Hall–Kier alpha value is -3.21. The number of aryl methyl sites for hydroxylation is 1. The van der Waals surface area contributed by atoms with E-state index in [1.807, 2.05) is 25.4 Å². The summed E-state index contributed by atoms with van der Waals surface area (Å²) < 4.78 is 1.70. The lowest BCUT2D eigenvalue weighted by molar-refractivity contribution is 0.104. The van der Waals surface area contributed by atoms with Gasteiger partial charge in [0, 0.05) is 42.3 Å². The topological polar surface area (TPSA) is 68.0 Å². The fourth-order valence-corrected chi connectivity index (χ4v) is 2.28. The van der Waals surface area contributed by atoms with Gasteiger partial charge in [0.15, 0.2) is 5.78 Å². The molecule has 3 rings (SSSR count). The van der Waals surface area contributed by atoms with Crippen LogP contribution in [0.4, 0.5) is 0 Å². The van der Waals surface area contributed by atoms with Crippen LogP contribution in [0.3, 0.4) is 0 Å². The van der Waals surface area contributed by atoms with Gasteiger partial charge in [0.25, 0.3) is 0 Å². The number of pyridine rings is 1. The highest BCUT2D eigenvalue weighted by Gasteiger charge is 2.09. The van der Waals surface area contributed by atoms with Crippen LogP contribution >= 0.6 is 0 Å². The molecule has 5 nitrogen and oxygen atoms in total. The molecule has 1 N–H and O–H groups in total. The summed E-state index contributed by atoms with van der Waals surface area (Å²) in [7, 11) is 1.83. The number of aromatic nitrogens is 3. The molecule has 0 aliphatic carbocycles. The zero-order valence-corrected chi connectivity index (χ0v) is 12.5. The van der Waals surface area contributed by atoms with Gasteiger partial charge in [-0.1, -0.05) is 12.1 Å². The van der Waals surface area contributed by atoms with Crippen molar-refractivity contribution in [2.75, 3.05) is 0 Å². The largest absolute Gasteiger partial charge is 0.508 e. The number of hydrogen-bond donors (Lipinski definition) is 1. The first-order valence-corrected chi connectivity index (χ1v) is 7.09. The summed E-state index contributed by atoms with van der Waals surface area (Å²) in [4.78, 5) is 16.2. The number of ketones is 1. The smallest absolute Gasteiger partial charge is 0.185 e. The van der Waals surface area contributed by atoms with Gasteiger partial charge in [0.05, 0.1) is 5.69 Å². The van der Waals surface area contributed by atoms with Gasteiger partial charge in [0.1, 0.15) is 5.75 Å². The van der Waals surface area contributed by atoms with Gasteiger partial charge in [-0.25, -0.2) is 0 Å². The quantitative estimate of drug-likeness (QED) is 0.594. The molecule has 0 amide bonds. The molecule has 114 valence electrons. The van der Waals surface area contributed by atoms with Crippen LogP contribution in [0.15, 0.2) is 61.1 Å². The molecule has 0 aliphatic heterocycles. The number of rotatable bonds is 4. The monoisotopic (exact) mass is 305 g/mol. The number of hydrogen-bond acceptors (Lipinski definition) is 4. The lowest BCUT2D eigenvalue weighted by Gasteiger charge is -1.98. The van der Waals surface area contributed by atoms with Gasteiger partial charge in [0.2, 0.25) is 0 Å². The molecule has 0 saturated heterocycles. The summed E-state index contributed by atoms with van der Waals surface area (Å²) in [6.07, 6.45) is 8.47. The lowest BCUT2D eigenvalue weighted by Crippen LogP contribution is -1.93. The third-order valence-corrected chi connectivity index (χ3v) is 3.36. The van der Waals surface area contributed by atoms with Crippen LogP contribution in [-0.2, 0) is 7.05 Å². The average Bonchev–Trinajstić information content (AvgIpc) is 2.94. The maximum Gasteiger partial charge on any atom is 0.185 e. The van der Waals surface area contributed by atoms with E-state index < -0.39 is 0 Å². The molecule has 0 spiro atoms. The standard InChI is InChI=1S/C18H15N3O2/c1-21-12-15(18(20-21)13-7-9-19-10-8-13)5-6-17(23)14-3-2-4-16(22)11-14/h2-12,22H,1H3. The molecule has 1 aromatic carbocycles. The van der Waals surface area contributed by atoms with E-state index in [0.717, 1.165) is 16.8 Å². The van der Waals surface area contributed by atoms with Gasteiger partial charge < -0.3 is 5.11 Å². The highest BCUT2D eigenvalue weighted by molar-refractivity contribution is 6.07. The van der Waals surface area contributed by atoms with Crippen LogP contribution in [0.2, 0.25) is 0 Å². The van der Waals surface area contributed by atoms with Crippen LogP contribution in [0.25, 0.3) is 17.3 Å². The summed E-state index contributed by atoms with van der Waals surface area (Å²) in [5.74, 6) is -0.103. The highest BCUT2D eigenvalue weighted by atomic mass is 16.3. The predicted octanol–water partition coefficient (Wildman–Crippen LogP) is 3.08. The normalized spacial score (nSPS) is 11.0. The number of nitrogens with zero attached hydrogens (tertiary/aromatic N) is 3. The SMILES string of the molecule is Cn1cc(C=CC(=O)c2cccc(O)c2)c(-c2ccncc2)n1. The molecule has 2 aromatic heterocycles. The van der Waals surface area contributed by atoms with Crippen molar-refractivity contribution in [1.29, 1.82) is 0 Å². The highest BCUT2D eigenvalue weighted by Crippen LogP contribution is 2.22.